The average molecular weight is 219 g/mol. The number of hydrogen-bond acceptors (Lipinski definition) is 2. The molecule has 1 aliphatic rings. The van der Waals surface area contributed by atoms with Gasteiger partial charge >= 0.3 is 0 Å². The number of nitrogens with zero attached hydrogens (tertiary/aromatic N) is 1. The molecule has 3 nitrogen and oxygen atoms in total. The summed E-state index contributed by atoms with van der Waals surface area (Å²) in [4.78, 5) is 13.5. The number of anilines is 1. The van der Waals surface area contributed by atoms with Gasteiger partial charge in [-0.1, -0.05) is 6.07 Å². The van der Waals surface area contributed by atoms with E-state index in [-0.39, 0.29) is 18.4 Å². The predicted octanol–water partition coefficient (Wildman–Crippen LogP) is 1.65. The molecule has 1 unspecified atom stereocenters. The zero-order valence-electron chi connectivity index (χ0n) is 9.73. The van der Waals surface area contributed by atoms with Crippen LogP contribution in [0.3, 0.4) is 0 Å². The molecule has 1 fully saturated rings. The van der Waals surface area contributed by atoms with E-state index in [1.54, 1.807) is 4.90 Å². The van der Waals surface area contributed by atoms with E-state index in [9.17, 15) is 4.79 Å². The second-order valence-electron chi connectivity index (χ2n) is 4.53. The quantitative estimate of drug-likeness (QED) is 0.821. The van der Waals surface area contributed by atoms with E-state index >= 15 is 0 Å². The molecule has 1 heterocycles. The number of carbonyl (C=O) groups is 1. The van der Waals surface area contributed by atoms with E-state index in [1.165, 1.54) is 11.1 Å². The summed E-state index contributed by atoms with van der Waals surface area (Å²) in [5.74, 6) is 0.205. The molecule has 0 radical (unpaired) electrons. The van der Waals surface area contributed by atoms with Crippen LogP contribution in [0.5, 0.6) is 0 Å². The summed E-state index contributed by atoms with van der Waals surface area (Å²) >= 11 is 0. The Bertz CT molecular complexity index is 414. The summed E-state index contributed by atoms with van der Waals surface area (Å²) in [7, 11) is 0. The lowest BCUT2D eigenvalue weighted by Crippen LogP contribution is -2.24. The van der Waals surface area contributed by atoms with Crippen LogP contribution >= 0.6 is 0 Å². The van der Waals surface area contributed by atoms with Crippen molar-refractivity contribution in [2.75, 3.05) is 18.1 Å². The second-order valence-corrected chi connectivity index (χ2v) is 4.53. The lowest BCUT2D eigenvalue weighted by atomic mass is 10.1. The highest BCUT2D eigenvalue weighted by Gasteiger charge is 2.29. The maximum atomic E-state index is 11.8. The van der Waals surface area contributed by atoms with Gasteiger partial charge in [0.1, 0.15) is 0 Å². The first-order valence-corrected chi connectivity index (χ1v) is 5.60. The lowest BCUT2D eigenvalue weighted by Gasteiger charge is -2.17. The molecule has 0 bridgehead atoms. The van der Waals surface area contributed by atoms with Crippen molar-refractivity contribution in [3.05, 3.63) is 29.3 Å². The van der Waals surface area contributed by atoms with Crippen LogP contribution in [0, 0.1) is 19.8 Å². The number of rotatable bonds is 2. The normalized spacial score (nSPS) is 20.6. The number of amides is 1. The van der Waals surface area contributed by atoms with Crippen molar-refractivity contribution in [3.63, 3.8) is 0 Å². The molecule has 0 aromatic heterocycles. The molecule has 1 aliphatic heterocycles. The molecule has 0 spiro atoms. The highest BCUT2D eigenvalue weighted by atomic mass is 16.3. The first-order valence-electron chi connectivity index (χ1n) is 5.60. The molecular weight excluding hydrogens is 202 g/mol. The van der Waals surface area contributed by atoms with Crippen molar-refractivity contribution in [1.29, 1.82) is 0 Å². The summed E-state index contributed by atoms with van der Waals surface area (Å²) in [5.41, 5.74) is 3.37. The molecule has 1 amide bonds. The molecule has 0 aliphatic carbocycles. The predicted molar refractivity (Wildman–Crippen MR) is 63.5 cm³/mol. The SMILES string of the molecule is Cc1ccc(N2CC(CO)CC2=O)cc1C. The van der Waals surface area contributed by atoms with Crippen LogP contribution in [-0.2, 0) is 4.79 Å². The molecule has 16 heavy (non-hydrogen) atoms. The standard InChI is InChI=1S/C13H17NO2/c1-9-3-4-12(5-10(9)2)14-7-11(8-15)6-13(14)16/h3-5,11,15H,6-8H2,1-2H3. The first-order chi connectivity index (χ1) is 7.61. The number of aryl methyl sites for hydroxylation is 2. The Labute approximate surface area is 95.7 Å². The van der Waals surface area contributed by atoms with Gasteiger partial charge in [-0.25, -0.2) is 0 Å². The summed E-state index contributed by atoms with van der Waals surface area (Å²) in [6.45, 7) is 4.83. The van der Waals surface area contributed by atoms with Crippen LogP contribution in [0.15, 0.2) is 18.2 Å². The highest BCUT2D eigenvalue weighted by Crippen LogP contribution is 2.26. The van der Waals surface area contributed by atoms with Gasteiger partial charge in [-0.15, -0.1) is 0 Å². The lowest BCUT2D eigenvalue weighted by molar-refractivity contribution is -0.117. The van der Waals surface area contributed by atoms with Gasteiger partial charge < -0.3 is 10.0 Å². The smallest absolute Gasteiger partial charge is 0.227 e. The van der Waals surface area contributed by atoms with Crippen LogP contribution < -0.4 is 4.90 Å². The summed E-state index contributed by atoms with van der Waals surface area (Å²) in [5, 5.41) is 9.07. The molecule has 0 saturated carbocycles. The topological polar surface area (TPSA) is 40.5 Å². The van der Waals surface area contributed by atoms with Gasteiger partial charge in [-0.3, -0.25) is 4.79 Å². The number of aliphatic hydroxyl groups is 1. The van der Waals surface area contributed by atoms with E-state index < -0.39 is 0 Å². The Hall–Kier alpha value is -1.35. The average Bonchev–Trinajstić information content (AvgIpc) is 2.64. The van der Waals surface area contributed by atoms with E-state index in [0.29, 0.717) is 13.0 Å². The molecule has 1 N–H and O–H groups in total. The van der Waals surface area contributed by atoms with Crippen LogP contribution in [0.1, 0.15) is 17.5 Å². The van der Waals surface area contributed by atoms with E-state index in [0.717, 1.165) is 5.69 Å². The Balaban J connectivity index is 2.24. The van der Waals surface area contributed by atoms with Gasteiger partial charge in [-0.05, 0) is 37.1 Å². The van der Waals surface area contributed by atoms with Crippen LogP contribution in [0.25, 0.3) is 0 Å². The Morgan fingerprint density at radius 1 is 1.38 bits per heavy atom. The number of hydrogen-bond donors (Lipinski definition) is 1. The molecule has 3 heteroatoms. The Morgan fingerprint density at radius 3 is 2.69 bits per heavy atom. The van der Waals surface area contributed by atoms with Crippen molar-refractivity contribution in [2.24, 2.45) is 5.92 Å². The molecule has 2 rings (SSSR count). The minimum Gasteiger partial charge on any atom is -0.396 e. The summed E-state index contributed by atoms with van der Waals surface area (Å²) in [6.07, 6.45) is 0.462. The Kier molecular flexibility index (Phi) is 2.97. The molecular formula is C13H17NO2. The maximum absolute atomic E-state index is 11.8. The molecule has 1 aromatic rings. The van der Waals surface area contributed by atoms with Crippen molar-refractivity contribution >= 4 is 11.6 Å². The van der Waals surface area contributed by atoms with Gasteiger partial charge in [0, 0.05) is 31.2 Å². The number of carbonyl (C=O) groups excluding carboxylic acids is 1. The third-order valence-corrected chi connectivity index (χ3v) is 3.27. The van der Waals surface area contributed by atoms with Crippen molar-refractivity contribution < 1.29 is 9.90 Å². The minimum absolute atomic E-state index is 0.0904. The largest absolute Gasteiger partial charge is 0.396 e. The van der Waals surface area contributed by atoms with E-state index in [1.807, 2.05) is 25.1 Å². The summed E-state index contributed by atoms with van der Waals surface area (Å²) < 4.78 is 0. The zero-order chi connectivity index (χ0) is 11.7. The van der Waals surface area contributed by atoms with Gasteiger partial charge in [0.05, 0.1) is 0 Å². The molecule has 86 valence electrons. The maximum Gasteiger partial charge on any atom is 0.227 e. The Morgan fingerprint density at radius 2 is 2.12 bits per heavy atom. The second kappa shape index (κ2) is 4.26. The molecule has 1 saturated heterocycles. The third kappa shape index (κ3) is 1.95. The van der Waals surface area contributed by atoms with Crippen molar-refractivity contribution in [1.82, 2.24) is 0 Å². The first kappa shape index (κ1) is 11.1. The van der Waals surface area contributed by atoms with Gasteiger partial charge in [-0.2, -0.15) is 0 Å². The van der Waals surface area contributed by atoms with E-state index in [4.69, 9.17) is 5.11 Å². The van der Waals surface area contributed by atoms with Crippen molar-refractivity contribution in [2.45, 2.75) is 20.3 Å². The highest BCUT2D eigenvalue weighted by molar-refractivity contribution is 5.95. The fourth-order valence-electron chi connectivity index (χ4n) is 2.05. The fraction of sp³-hybridized carbons (Fsp3) is 0.462. The summed E-state index contributed by atoms with van der Waals surface area (Å²) in [6, 6.07) is 6.04. The number of benzene rings is 1. The fourth-order valence-corrected chi connectivity index (χ4v) is 2.05. The monoisotopic (exact) mass is 219 g/mol. The molecule has 1 aromatic carbocycles. The third-order valence-electron chi connectivity index (χ3n) is 3.27. The van der Waals surface area contributed by atoms with Crippen LogP contribution in [0.4, 0.5) is 5.69 Å². The van der Waals surface area contributed by atoms with Crippen LogP contribution in [0.2, 0.25) is 0 Å². The molecule has 1 atom stereocenters. The number of aliphatic hydroxyl groups excluding tert-OH is 1. The minimum atomic E-state index is 0.0904. The van der Waals surface area contributed by atoms with Crippen LogP contribution in [-0.4, -0.2) is 24.2 Å². The van der Waals surface area contributed by atoms with Gasteiger partial charge in [0.15, 0.2) is 0 Å². The van der Waals surface area contributed by atoms with Gasteiger partial charge in [0.2, 0.25) is 5.91 Å². The zero-order valence-corrected chi connectivity index (χ0v) is 9.73. The van der Waals surface area contributed by atoms with Crippen molar-refractivity contribution in [3.8, 4) is 0 Å². The van der Waals surface area contributed by atoms with Gasteiger partial charge in [0.25, 0.3) is 0 Å². The van der Waals surface area contributed by atoms with E-state index in [2.05, 4.69) is 6.92 Å².